The number of rotatable bonds is 3. The molecular formula is C21H28F3N3O2. The van der Waals surface area contributed by atoms with Gasteiger partial charge in [0.05, 0.1) is 11.5 Å². The molecule has 2 heterocycles. The number of carbonyl (C=O) groups is 2. The average molecular weight is 411 g/mol. The Labute approximate surface area is 169 Å². The van der Waals surface area contributed by atoms with Crippen LogP contribution in [0.2, 0.25) is 0 Å². The van der Waals surface area contributed by atoms with Crippen LogP contribution in [0.15, 0.2) is 24.3 Å². The number of hydrogen-bond acceptors (Lipinski definition) is 3. The van der Waals surface area contributed by atoms with E-state index in [1.807, 2.05) is 7.05 Å². The fraction of sp³-hybridized carbons (Fsp3) is 0.619. The summed E-state index contributed by atoms with van der Waals surface area (Å²) in [6.45, 7) is 6.82. The standard InChI is InChI=1S/C21H28F3N3O2/c1-14(2)19(28)27-12-17(15-5-4-6-16(11-15)21(22,23)24)18(13-27)20(29)26-9-7-25(3)8-10-26/h4-6,11,14,17-18H,7-10,12-13H2,1-3H3/t17-,18+/m1/s1. The van der Waals surface area contributed by atoms with E-state index in [0.717, 1.165) is 25.2 Å². The van der Waals surface area contributed by atoms with Crippen molar-refractivity contribution in [3.8, 4) is 0 Å². The van der Waals surface area contributed by atoms with E-state index in [2.05, 4.69) is 4.90 Å². The molecule has 3 rings (SSSR count). The Morgan fingerprint density at radius 1 is 1.03 bits per heavy atom. The minimum atomic E-state index is -4.45. The number of alkyl halides is 3. The first kappa shape index (κ1) is 21.6. The van der Waals surface area contributed by atoms with E-state index in [1.54, 1.807) is 29.7 Å². The molecule has 8 heteroatoms. The molecule has 0 unspecified atom stereocenters. The van der Waals surface area contributed by atoms with E-state index in [-0.39, 0.29) is 30.8 Å². The van der Waals surface area contributed by atoms with Gasteiger partial charge in [0.1, 0.15) is 0 Å². The van der Waals surface area contributed by atoms with E-state index in [1.165, 1.54) is 6.07 Å². The maximum absolute atomic E-state index is 13.3. The highest BCUT2D eigenvalue weighted by atomic mass is 19.4. The van der Waals surface area contributed by atoms with Crippen molar-refractivity contribution in [1.29, 1.82) is 0 Å². The van der Waals surface area contributed by atoms with E-state index in [0.29, 0.717) is 18.7 Å². The van der Waals surface area contributed by atoms with Gasteiger partial charge in [-0.3, -0.25) is 9.59 Å². The van der Waals surface area contributed by atoms with Gasteiger partial charge in [-0.05, 0) is 18.7 Å². The highest BCUT2D eigenvalue weighted by molar-refractivity contribution is 5.84. The molecule has 0 aliphatic carbocycles. The van der Waals surface area contributed by atoms with Gasteiger partial charge in [-0.2, -0.15) is 13.2 Å². The molecule has 29 heavy (non-hydrogen) atoms. The molecule has 160 valence electrons. The maximum atomic E-state index is 13.3. The molecule has 0 saturated carbocycles. The normalized spacial score (nSPS) is 23.7. The lowest BCUT2D eigenvalue weighted by atomic mass is 9.87. The van der Waals surface area contributed by atoms with Gasteiger partial charge in [0.15, 0.2) is 0 Å². The van der Waals surface area contributed by atoms with Gasteiger partial charge in [0.2, 0.25) is 11.8 Å². The quantitative estimate of drug-likeness (QED) is 0.768. The summed E-state index contributed by atoms with van der Waals surface area (Å²) in [4.78, 5) is 31.4. The third-order valence-corrected chi connectivity index (χ3v) is 5.90. The lowest BCUT2D eigenvalue weighted by Gasteiger charge is -2.35. The van der Waals surface area contributed by atoms with Gasteiger partial charge in [-0.25, -0.2) is 0 Å². The van der Waals surface area contributed by atoms with Crippen LogP contribution in [-0.4, -0.2) is 72.8 Å². The second-order valence-corrected chi connectivity index (χ2v) is 8.36. The van der Waals surface area contributed by atoms with Crippen molar-refractivity contribution in [1.82, 2.24) is 14.7 Å². The van der Waals surface area contributed by atoms with Crippen LogP contribution in [0, 0.1) is 11.8 Å². The number of amides is 2. The molecule has 0 spiro atoms. The monoisotopic (exact) mass is 411 g/mol. The second kappa shape index (κ2) is 8.34. The molecule has 2 fully saturated rings. The zero-order valence-corrected chi connectivity index (χ0v) is 17.1. The summed E-state index contributed by atoms with van der Waals surface area (Å²) in [6, 6.07) is 5.17. The number of piperazine rings is 1. The Morgan fingerprint density at radius 2 is 1.69 bits per heavy atom. The molecular weight excluding hydrogens is 383 g/mol. The molecule has 0 aromatic heterocycles. The van der Waals surface area contributed by atoms with Crippen molar-refractivity contribution in [2.75, 3.05) is 46.3 Å². The van der Waals surface area contributed by atoms with Gasteiger partial charge in [-0.1, -0.05) is 32.0 Å². The van der Waals surface area contributed by atoms with Gasteiger partial charge in [0.25, 0.3) is 0 Å². The van der Waals surface area contributed by atoms with E-state index < -0.39 is 23.6 Å². The summed E-state index contributed by atoms with van der Waals surface area (Å²) in [6.07, 6.45) is -4.45. The Kier molecular flexibility index (Phi) is 6.22. The first-order valence-corrected chi connectivity index (χ1v) is 10.0. The fourth-order valence-corrected chi connectivity index (χ4v) is 4.14. The molecule has 0 N–H and O–H groups in total. The Bertz CT molecular complexity index is 758. The van der Waals surface area contributed by atoms with Crippen LogP contribution in [0.25, 0.3) is 0 Å². The number of halogens is 3. The molecule has 2 aliphatic rings. The van der Waals surface area contributed by atoms with Crippen LogP contribution in [0.3, 0.4) is 0 Å². The lowest BCUT2D eigenvalue weighted by Crippen LogP contribution is -2.50. The van der Waals surface area contributed by atoms with Crippen molar-refractivity contribution in [2.24, 2.45) is 11.8 Å². The van der Waals surface area contributed by atoms with Crippen molar-refractivity contribution >= 4 is 11.8 Å². The molecule has 0 radical (unpaired) electrons. The first-order chi connectivity index (χ1) is 13.6. The van der Waals surface area contributed by atoms with E-state index in [4.69, 9.17) is 0 Å². The third kappa shape index (κ3) is 4.74. The number of nitrogens with zero attached hydrogens (tertiary/aromatic N) is 3. The van der Waals surface area contributed by atoms with Crippen LogP contribution in [0.1, 0.15) is 30.9 Å². The predicted molar refractivity (Wildman–Crippen MR) is 103 cm³/mol. The fourth-order valence-electron chi connectivity index (χ4n) is 4.14. The summed E-state index contributed by atoms with van der Waals surface area (Å²) >= 11 is 0. The SMILES string of the molecule is CC(C)C(=O)N1C[C@H](C(=O)N2CCN(C)CC2)[C@@H](c2cccc(C(F)(F)F)c2)C1. The third-order valence-electron chi connectivity index (χ3n) is 5.90. The Morgan fingerprint density at radius 3 is 2.28 bits per heavy atom. The lowest BCUT2D eigenvalue weighted by molar-refractivity contribution is -0.138. The molecule has 1 aromatic rings. The molecule has 1 aromatic carbocycles. The smallest absolute Gasteiger partial charge is 0.341 e. The van der Waals surface area contributed by atoms with Crippen molar-refractivity contribution in [2.45, 2.75) is 25.9 Å². The van der Waals surface area contributed by atoms with Crippen molar-refractivity contribution in [3.05, 3.63) is 35.4 Å². The minimum absolute atomic E-state index is 0.0698. The molecule has 2 atom stereocenters. The highest BCUT2D eigenvalue weighted by Crippen LogP contribution is 2.37. The average Bonchev–Trinajstić information content (AvgIpc) is 3.12. The summed E-state index contributed by atoms with van der Waals surface area (Å²) < 4.78 is 39.6. The Balaban J connectivity index is 1.89. The van der Waals surface area contributed by atoms with E-state index >= 15 is 0 Å². The topological polar surface area (TPSA) is 43.9 Å². The zero-order chi connectivity index (χ0) is 21.3. The molecule has 5 nitrogen and oxygen atoms in total. The van der Waals surface area contributed by atoms with Gasteiger partial charge >= 0.3 is 6.18 Å². The number of hydrogen-bond donors (Lipinski definition) is 0. The molecule has 2 amide bonds. The van der Waals surface area contributed by atoms with Crippen molar-refractivity contribution in [3.63, 3.8) is 0 Å². The van der Waals surface area contributed by atoms with E-state index in [9.17, 15) is 22.8 Å². The summed E-state index contributed by atoms with van der Waals surface area (Å²) in [5, 5.41) is 0. The van der Waals surface area contributed by atoms with Crippen molar-refractivity contribution < 1.29 is 22.8 Å². The predicted octanol–water partition coefficient (Wildman–Crippen LogP) is 2.68. The van der Waals surface area contributed by atoms with Crippen LogP contribution in [0.4, 0.5) is 13.2 Å². The molecule has 2 saturated heterocycles. The minimum Gasteiger partial charge on any atom is -0.341 e. The summed E-state index contributed by atoms with van der Waals surface area (Å²) in [5.41, 5.74) is -0.263. The summed E-state index contributed by atoms with van der Waals surface area (Å²) in [5.74, 6) is -1.33. The van der Waals surface area contributed by atoms with Gasteiger partial charge < -0.3 is 14.7 Å². The van der Waals surface area contributed by atoms with Gasteiger partial charge in [-0.15, -0.1) is 0 Å². The van der Waals surface area contributed by atoms with Gasteiger partial charge in [0, 0.05) is 51.1 Å². The second-order valence-electron chi connectivity index (χ2n) is 8.36. The molecule has 2 aliphatic heterocycles. The first-order valence-electron chi connectivity index (χ1n) is 10.0. The number of benzene rings is 1. The summed E-state index contributed by atoms with van der Waals surface area (Å²) in [7, 11) is 1.99. The Hall–Kier alpha value is -2.09. The van der Waals surface area contributed by atoms with Crippen LogP contribution >= 0.6 is 0 Å². The number of carbonyl (C=O) groups excluding carboxylic acids is 2. The maximum Gasteiger partial charge on any atom is 0.416 e. The zero-order valence-electron chi connectivity index (χ0n) is 17.1. The largest absolute Gasteiger partial charge is 0.416 e. The van der Waals surface area contributed by atoms with Crippen LogP contribution in [0.5, 0.6) is 0 Å². The molecule has 0 bridgehead atoms. The van der Waals surface area contributed by atoms with Crippen LogP contribution in [-0.2, 0) is 15.8 Å². The number of likely N-dealkylation sites (N-methyl/N-ethyl adjacent to an activating group) is 1. The van der Waals surface area contributed by atoms with Crippen LogP contribution < -0.4 is 0 Å². The highest BCUT2D eigenvalue weighted by Gasteiger charge is 2.43. The number of likely N-dealkylation sites (tertiary alicyclic amines) is 1.